The van der Waals surface area contributed by atoms with Gasteiger partial charge in [-0.2, -0.15) is 4.31 Å². The van der Waals surface area contributed by atoms with Gasteiger partial charge in [-0.05, 0) is 38.8 Å². The van der Waals surface area contributed by atoms with Crippen molar-refractivity contribution in [2.75, 3.05) is 26.2 Å². The average Bonchev–Trinajstić information content (AvgIpc) is 2.60. The van der Waals surface area contributed by atoms with Crippen LogP contribution in [0.2, 0.25) is 10.0 Å². The number of rotatable bonds is 3. The van der Waals surface area contributed by atoms with Gasteiger partial charge in [0.15, 0.2) is 0 Å². The molecular formula is C18H24Cl2N2O4S. The van der Waals surface area contributed by atoms with Crippen LogP contribution in [0.25, 0.3) is 0 Å². The van der Waals surface area contributed by atoms with Crippen molar-refractivity contribution in [1.82, 2.24) is 9.21 Å². The van der Waals surface area contributed by atoms with Gasteiger partial charge in [-0.3, -0.25) is 4.79 Å². The zero-order chi connectivity index (χ0) is 19.8. The maximum atomic E-state index is 12.9. The molecule has 0 saturated carbocycles. The summed E-state index contributed by atoms with van der Waals surface area (Å²) in [7, 11) is -3.80. The number of ether oxygens (including phenoxy) is 1. The highest BCUT2D eigenvalue weighted by molar-refractivity contribution is 7.89. The van der Waals surface area contributed by atoms with Crippen molar-refractivity contribution in [3.05, 3.63) is 28.2 Å². The van der Waals surface area contributed by atoms with E-state index in [1.54, 1.807) is 11.0 Å². The van der Waals surface area contributed by atoms with Crippen molar-refractivity contribution in [2.24, 2.45) is 5.92 Å². The number of halogens is 2. The van der Waals surface area contributed by atoms with Gasteiger partial charge < -0.3 is 9.64 Å². The van der Waals surface area contributed by atoms with Gasteiger partial charge in [0.05, 0.1) is 22.3 Å². The molecule has 0 N–H and O–H groups in total. The van der Waals surface area contributed by atoms with Gasteiger partial charge in [-0.1, -0.05) is 29.3 Å². The van der Waals surface area contributed by atoms with Crippen LogP contribution in [0.5, 0.6) is 0 Å². The third-order valence-electron chi connectivity index (χ3n) is 5.11. The molecule has 0 aromatic heterocycles. The lowest BCUT2D eigenvalue weighted by Crippen LogP contribution is -2.52. The lowest BCUT2D eigenvalue weighted by Gasteiger charge is -2.38. The van der Waals surface area contributed by atoms with Crippen molar-refractivity contribution in [3.8, 4) is 0 Å². The minimum Gasteiger partial charge on any atom is -0.376 e. The van der Waals surface area contributed by atoms with E-state index < -0.39 is 10.0 Å². The van der Waals surface area contributed by atoms with Crippen LogP contribution in [0.15, 0.2) is 23.1 Å². The summed E-state index contributed by atoms with van der Waals surface area (Å²) < 4.78 is 32.9. The minimum absolute atomic E-state index is 0.0618. The summed E-state index contributed by atoms with van der Waals surface area (Å²) in [6, 6.07) is 4.62. The van der Waals surface area contributed by atoms with Crippen LogP contribution in [0.1, 0.15) is 26.7 Å². The van der Waals surface area contributed by atoms with E-state index in [4.69, 9.17) is 27.9 Å². The monoisotopic (exact) mass is 434 g/mol. The lowest BCUT2D eigenvalue weighted by atomic mass is 9.91. The van der Waals surface area contributed by atoms with E-state index in [1.165, 1.54) is 16.4 Å². The van der Waals surface area contributed by atoms with E-state index >= 15 is 0 Å². The highest BCUT2D eigenvalue weighted by Crippen LogP contribution is 2.32. The third-order valence-corrected chi connectivity index (χ3v) is 7.97. The van der Waals surface area contributed by atoms with Crippen molar-refractivity contribution in [2.45, 2.75) is 43.8 Å². The Hall–Kier alpha value is -0.860. The fraction of sp³-hybridized carbons (Fsp3) is 0.611. The fourth-order valence-corrected chi connectivity index (χ4v) is 6.39. The molecule has 0 radical (unpaired) electrons. The number of sulfonamides is 1. The molecule has 1 aromatic rings. The maximum Gasteiger partial charge on any atom is 0.246 e. The second-order valence-corrected chi connectivity index (χ2v) is 9.89. The number of piperazine rings is 1. The van der Waals surface area contributed by atoms with Gasteiger partial charge in [0.25, 0.3) is 0 Å². The standard InChI is InChI=1S/C18H24Cl2N2O4S/c1-12-10-14(11-13(2)26-12)18(23)21-6-8-22(9-7-21)27(24,25)17-15(19)4-3-5-16(17)20/h3-5,12-14H,6-11H2,1-2H3. The van der Waals surface area contributed by atoms with Crippen LogP contribution in [-0.2, 0) is 19.6 Å². The zero-order valence-corrected chi connectivity index (χ0v) is 17.7. The normalized spacial score (nSPS) is 27.6. The first-order valence-corrected chi connectivity index (χ1v) is 11.3. The van der Waals surface area contributed by atoms with Gasteiger partial charge in [-0.25, -0.2) is 8.42 Å². The Morgan fingerprint density at radius 3 is 2.07 bits per heavy atom. The molecule has 2 fully saturated rings. The van der Waals surface area contributed by atoms with Crippen LogP contribution in [0.4, 0.5) is 0 Å². The average molecular weight is 435 g/mol. The Morgan fingerprint density at radius 1 is 1.04 bits per heavy atom. The van der Waals surface area contributed by atoms with E-state index in [-0.39, 0.29) is 52.1 Å². The van der Waals surface area contributed by atoms with Crippen LogP contribution in [-0.4, -0.2) is 61.9 Å². The molecule has 6 nitrogen and oxygen atoms in total. The van der Waals surface area contributed by atoms with Crippen molar-refractivity contribution >= 4 is 39.1 Å². The summed E-state index contributed by atoms with van der Waals surface area (Å²) in [6.07, 6.45) is 1.53. The summed E-state index contributed by atoms with van der Waals surface area (Å²) in [4.78, 5) is 14.5. The van der Waals surface area contributed by atoms with E-state index in [2.05, 4.69) is 0 Å². The van der Waals surface area contributed by atoms with E-state index in [9.17, 15) is 13.2 Å². The number of hydrogen-bond acceptors (Lipinski definition) is 4. The molecule has 3 rings (SSSR count). The molecule has 2 aliphatic heterocycles. The molecule has 2 atom stereocenters. The molecule has 150 valence electrons. The number of carbonyl (C=O) groups is 1. The molecule has 2 unspecified atom stereocenters. The molecule has 0 bridgehead atoms. The number of hydrogen-bond donors (Lipinski definition) is 0. The predicted octanol–water partition coefficient (Wildman–Crippen LogP) is 3.03. The number of carbonyl (C=O) groups excluding carboxylic acids is 1. The summed E-state index contributed by atoms with van der Waals surface area (Å²) >= 11 is 12.1. The van der Waals surface area contributed by atoms with E-state index in [0.29, 0.717) is 25.9 Å². The van der Waals surface area contributed by atoms with Crippen LogP contribution < -0.4 is 0 Å². The number of nitrogens with zero attached hydrogens (tertiary/aromatic N) is 2. The van der Waals surface area contributed by atoms with Gasteiger partial charge in [-0.15, -0.1) is 0 Å². The molecule has 2 aliphatic rings. The third kappa shape index (κ3) is 4.43. The molecule has 0 aliphatic carbocycles. The highest BCUT2D eigenvalue weighted by Gasteiger charge is 2.36. The maximum absolute atomic E-state index is 12.9. The fourth-order valence-electron chi connectivity index (χ4n) is 3.87. The summed E-state index contributed by atoms with van der Waals surface area (Å²) in [5.41, 5.74) is 0. The molecule has 9 heteroatoms. The molecular weight excluding hydrogens is 411 g/mol. The zero-order valence-electron chi connectivity index (χ0n) is 15.4. The Kier molecular flexibility index (Phi) is 6.37. The number of amides is 1. The summed E-state index contributed by atoms with van der Waals surface area (Å²) in [5.74, 6) is 0.0229. The van der Waals surface area contributed by atoms with Gasteiger partial charge in [0, 0.05) is 32.1 Å². The van der Waals surface area contributed by atoms with Gasteiger partial charge in [0.2, 0.25) is 15.9 Å². The lowest BCUT2D eigenvalue weighted by molar-refractivity contribution is -0.144. The van der Waals surface area contributed by atoms with Crippen molar-refractivity contribution < 1.29 is 17.9 Å². The predicted molar refractivity (Wildman–Crippen MR) is 105 cm³/mol. The Balaban J connectivity index is 1.67. The Labute approximate surface area is 170 Å². The van der Waals surface area contributed by atoms with Crippen LogP contribution in [0, 0.1) is 5.92 Å². The van der Waals surface area contributed by atoms with E-state index in [1.807, 2.05) is 13.8 Å². The molecule has 27 heavy (non-hydrogen) atoms. The first kappa shape index (κ1) is 20.9. The molecule has 2 saturated heterocycles. The van der Waals surface area contributed by atoms with Crippen molar-refractivity contribution in [1.29, 1.82) is 0 Å². The van der Waals surface area contributed by atoms with E-state index in [0.717, 1.165) is 0 Å². The van der Waals surface area contributed by atoms with Gasteiger partial charge >= 0.3 is 0 Å². The highest BCUT2D eigenvalue weighted by atomic mass is 35.5. The van der Waals surface area contributed by atoms with Crippen molar-refractivity contribution in [3.63, 3.8) is 0 Å². The summed E-state index contributed by atoms with van der Waals surface area (Å²) in [6.45, 7) is 5.13. The largest absolute Gasteiger partial charge is 0.376 e. The van der Waals surface area contributed by atoms with Gasteiger partial charge in [0.1, 0.15) is 4.90 Å². The Bertz CT molecular complexity index is 779. The minimum atomic E-state index is -3.80. The second-order valence-electron chi connectivity index (χ2n) is 7.21. The first-order valence-electron chi connectivity index (χ1n) is 9.08. The smallest absolute Gasteiger partial charge is 0.246 e. The SMILES string of the molecule is CC1CC(C(=O)N2CCN(S(=O)(=O)c3c(Cl)cccc3Cl)CC2)CC(C)O1. The first-order chi connectivity index (χ1) is 12.7. The molecule has 1 amide bonds. The van der Waals surface area contributed by atoms with Crippen LogP contribution in [0.3, 0.4) is 0 Å². The number of benzene rings is 1. The van der Waals surface area contributed by atoms with Crippen LogP contribution >= 0.6 is 23.2 Å². The summed E-state index contributed by atoms with van der Waals surface area (Å²) in [5, 5.41) is 0.206. The Morgan fingerprint density at radius 2 is 1.56 bits per heavy atom. The second kappa shape index (κ2) is 8.25. The molecule has 1 aromatic carbocycles. The molecule has 0 spiro atoms. The quantitative estimate of drug-likeness (QED) is 0.732. The molecule has 2 heterocycles. The topological polar surface area (TPSA) is 66.9 Å².